The monoisotopic (exact) mass is 299 g/mol. The molecule has 1 aromatic heterocycles. The lowest BCUT2D eigenvalue weighted by Gasteiger charge is -2.27. The molecule has 2 heterocycles. The molecule has 0 radical (unpaired) electrons. The van der Waals surface area contributed by atoms with Crippen molar-refractivity contribution in [2.45, 2.75) is 43.6 Å². The van der Waals surface area contributed by atoms with Gasteiger partial charge in [0.2, 0.25) is 0 Å². The maximum absolute atomic E-state index is 11.8. The smallest absolute Gasteiger partial charge is 0.307 e. The van der Waals surface area contributed by atoms with Crippen LogP contribution in [0.1, 0.15) is 43.7 Å². The van der Waals surface area contributed by atoms with Crippen molar-refractivity contribution in [1.82, 2.24) is 4.98 Å². The van der Waals surface area contributed by atoms with E-state index in [1.165, 1.54) is 0 Å². The van der Waals surface area contributed by atoms with Crippen LogP contribution in [0.4, 0.5) is 0 Å². The van der Waals surface area contributed by atoms with Gasteiger partial charge in [-0.2, -0.15) is 0 Å². The molecule has 2 aromatic rings. The zero-order chi connectivity index (χ0) is 14.3. The number of thiazole rings is 1. The molecule has 1 saturated heterocycles. The average molecular weight is 299 g/mol. The van der Waals surface area contributed by atoms with Crippen molar-refractivity contribution in [3.63, 3.8) is 0 Å². The minimum Gasteiger partial charge on any atom is -0.458 e. The molecular formula is C17H17NO2S. The van der Waals surface area contributed by atoms with Gasteiger partial charge < -0.3 is 4.74 Å². The number of hydrogen-bond donors (Lipinski definition) is 0. The number of benzene rings is 1. The summed E-state index contributed by atoms with van der Waals surface area (Å²) in [6.07, 6.45) is 4.76. The summed E-state index contributed by atoms with van der Waals surface area (Å²) in [5, 5.41) is 3.13. The normalized spacial score (nSPS) is 23.6. The summed E-state index contributed by atoms with van der Waals surface area (Å²) in [4.78, 5) is 16.6. The van der Waals surface area contributed by atoms with Gasteiger partial charge in [0, 0.05) is 10.9 Å². The van der Waals surface area contributed by atoms with Gasteiger partial charge >= 0.3 is 5.97 Å². The summed E-state index contributed by atoms with van der Waals surface area (Å²) >= 11 is 1.65. The Labute approximate surface area is 128 Å². The molecule has 0 amide bonds. The van der Waals surface area contributed by atoms with Gasteiger partial charge in [0.05, 0.1) is 18.0 Å². The van der Waals surface area contributed by atoms with E-state index in [0.717, 1.165) is 41.9 Å². The third-order valence-corrected chi connectivity index (χ3v) is 5.58. The first kappa shape index (κ1) is 13.0. The first-order valence-corrected chi connectivity index (χ1v) is 8.37. The number of aromatic nitrogens is 1. The van der Waals surface area contributed by atoms with Crippen LogP contribution < -0.4 is 0 Å². The van der Waals surface area contributed by atoms with Crippen molar-refractivity contribution < 1.29 is 9.53 Å². The summed E-state index contributed by atoms with van der Waals surface area (Å²) in [5.74, 6) is 0.0809. The summed E-state index contributed by atoms with van der Waals surface area (Å²) in [6.45, 7) is 0. The number of rotatable bonds is 2. The average Bonchev–Trinajstić information content (AvgIpc) is 3.21. The van der Waals surface area contributed by atoms with Gasteiger partial charge in [0.15, 0.2) is 0 Å². The number of nitrogens with zero attached hydrogens (tertiary/aromatic N) is 1. The molecule has 1 atom stereocenters. The molecule has 21 heavy (non-hydrogen) atoms. The number of ether oxygens (including phenoxy) is 1. The quantitative estimate of drug-likeness (QED) is 0.782. The summed E-state index contributed by atoms with van der Waals surface area (Å²) < 4.78 is 5.72. The van der Waals surface area contributed by atoms with E-state index in [0.29, 0.717) is 6.42 Å². The zero-order valence-electron chi connectivity index (χ0n) is 11.7. The molecule has 1 aromatic carbocycles. The van der Waals surface area contributed by atoms with Crippen LogP contribution in [-0.2, 0) is 9.53 Å². The fraction of sp³-hybridized carbons (Fsp3) is 0.412. The largest absolute Gasteiger partial charge is 0.458 e. The topological polar surface area (TPSA) is 39.2 Å². The van der Waals surface area contributed by atoms with E-state index < -0.39 is 0 Å². The van der Waals surface area contributed by atoms with Gasteiger partial charge in [-0.25, -0.2) is 4.98 Å². The predicted molar refractivity (Wildman–Crippen MR) is 82.2 cm³/mol. The fourth-order valence-corrected chi connectivity index (χ4v) is 4.53. The Kier molecular flexibility index (Phi) is 3.07. The molecule has 4 rings (SSSR count). The minimum atomic E-state index is -0.265. The van der Waals surface area contributed by atoms with Crippen LogP contribution in [-0.4, -0.2) is 16.6 Å². The van der Waals surface area contributed by atoms with Gasteiger partial charge in [0.1, 0.15) is 10.6 Å². The Morgan fingerprint density at radius 3 is 2.71 bits per heavy atom. The second-order valence-electron chi connectivity index (χ2n) is 5.95. The van der Waals surface area contributed by atoms with Crippen LogP contribution in [0.5, 0.6) is 0 Å². The Morgan fingerprint density at radius 1 is 1.19 bits per heavy atom. The van der Waals surface area contributed by atoms with Crippen molar-refractivity contribution in [1.29, 1.82) is 0 Å². The second-order valence-corrected chi connectivity index (χ2v) is 6.80. The highest BCUT2D eigenvalue weighted by molar-refractivity contribution is 7.13. The maximum atomic E-state index is 11.8. The van der Waals surface area contributed by atoms with E-state index in [4.69, 9.17) is 9.72 Å². The van der Waals surface area contributed by atoms with Gasteiger partial charge in [-0.05, 0) is 25.7 Å². The van der Waals surface area contributed by atoms with E-state index in [1.54, 1.807) is 11.3 Å². The molecular weight excluding hydrogens is 282 g/mol. The SMILES string of the molecule is O=C1C[C@H](c2csc(-c3ccccc3)n2)C2(CCCC2)O1. The van der Waals surface area contributed by atoms with Crippen molar-refractivity contribution in [3.8, 4) is 10.6 Å². The fourth-order valence-electron chi connectivity index (χ4n) is 3.65. The highest BCUT2D eigenvalue weighted by Gasteiger charge is 2.52. The maximum Gasteiger partial charge on any atom is 0.307 e. The van der Waals surface area contributed by atoms with Gasteiger partial charge in [-0.15, -0.1) is 11.3 Å². The highest BCUT2D eigenvalue weighted by atomic mass is 32.1. The molecule has 0 bridgehead atoms. The van der Waals surface area contributed by atoms with Crippen LogP contribution in [0.25, 0.3) is 10.6 Å². The molecule has 1 spiro atoms. The van der Waals surface area contributed by atoms with Crippen molar-refractivity contribution in [3.05, 3.63) is 41.4 Å². The number of hydrogen-bond acceptors (Lipinski definition) is 4. The van der Waals surface area contributed by atoms with Crippen molar-refractivity contribution in [2.75, 3.05) is 0 Å². The Balaban J connectivity index is 1.67. The van der Waals surface area contributed by atoms with E-state index in [2.05, 4.69) is 17.5 Å². The number of carbonyl (C=O) groups excluding carboxylic acids is 1. The van der Waals surface area contributed by atoms with Crippen LogP contribution >= 0.6 is 11.3 Å². The standard InChI is InChI=1S/C17H17NO2S/c19-15-10-13(17(20-15)8-4-5-9-17)14-11-21-16(18-14)12-6-2-1-3-7-12/h1-3,6-7,11,13H,4-5,8-10H2/t13-/m1/s1. The Morgan fingerprint density at radius 2 is 1.95 bits per heavy atom. The van der Waals surface area contributed by atoms with Crippen molar-refractivity contribution in [2.24, 2.45) is 0 Å². The van der Waals surface area contributed by atoms with Crippen LogP contribution in [0.2, 0.25) is 0 Å². The van der Waals surface area contributed by atoms with Gasteiger partial charge in [0.25, 0.3) is 0 Å². The first-order chi connectivity index (χ1) is 10.3. The Bertz CT molecular complexity index is 658. The van der Waals surface area contributed by atoms with Gasteiger partial charge in [-0.1, -0.05) is 30.3 Å². The number of carbonyl (C=O) groups is 1. The lowest BCUT2D eigenvalue weighted by atomic mass is 9.84. The van der Waals surface area contributed by atoms with Crippen LogP contribution in [0, 0.1) is 0 Å². The van der Waals surface area contributed by atoms with Crippen LogP contribution in [0.15, 0.2) is 35.7 Å². The predicted octanol–water partition coefficient (Wildman–Crippen LogP) is 4.15. The third-order valence-electron chi connectivity index (χ3n) is 4.67. The highest BCUT2D eigenvalue weighted by Crippen LogP contribution is 2.50. The van der Waals surface area contributed by atoms with E-state index in [1.807, 2.05) is 18.2 Å². The molecule has 1 saturated carbocycles. The lowest BCUT2D eigenvalue weighted by Crippen LogP contribution is -2.30. The van der Waals surface area contributed by atoms with Crippen LogP contribution in [0.3, 0.4) is 0 Å². The Hall–Kier alpha value is -1.68. The summed E-state index contributed by atoms with van der Waals surface area (Å²) in [7, 11) is 0. The van der Waals surface area contributed by atoms with Crippen molar-refractivity contribution >= 4 is 17.3 Å². The lowest BCUT2D eigenvalue weighted by molar-refractivity contribution is -0.148. The molecule has 1 aliphatic carbocycles. The molecule has 4 heteroatoms. The van der Waals surface area contributed by atoms with E-state index in [-0.39, 0.29) is 17.5 Å². The molecule has 108 valence electrons. The van der Waals surface area contributed by atoms with E-state index in [9.17, 15) is 4.79 Å². The second kappa shape index (κ2) is 4.95. The first-order valence-electron chi connectivity index (χ1n) is 7.50. The molecule has 2 aliphatic rings. The molecule has 1 aliphatic heterocycles. The summed E-state index contributed by atoms with van der Waals surface area (Å²) in [6, 6.07) is 10.2. The number of esters is 1. The van der Waals surface area contributed by atoms with Gasteiger partial charge in [-0.3, -0.25) is 4.79 Å². The zero-order valence-corrected chi connectivity index (χ0v) is 12.6. The minimum absolute atomic E-state index is 0.0591. The molecule has 2 fully saturated rings. The molecule has 0 N–H and O–H groups in total. The van der Waals surface area contributed by atoms with E-state index >= 15 is 0 Å². The molecule has 0 unspecified atom stereocenters. The third kappa shape index (κ3) is 2.18. The summed E-state index contributed by atoms with van der Waals surface area (Å²) in [5.41, 5.74) is 1.91. The molecule has 3 nitrogen and oxygen atoms in total.